The van der Waals surface area contributed by atoms with Crippen molar-refractivity contribution in [2.75, 3.05) is 31.5 Å². The van der Waals surface area contributed by atoms with Gasteiger partial charge in [0.15, 0.2) is 0 Å². The number of carbonyl (C=O) groups is 2. The van der Waals surface area contributed by atoms with Crippen molar-refractivity contribution in [3.05, 3.63) is 53.2 Å². The lowest BCUT2D eigenvalue weighted by atomic mass is 10.2. The number of piperazine rings is 1. The Morgan fingerprint density at radius 1 is 1.19 bits per heavy atom. The number of carbonyl (C=O) groups excluding carboxylic acids is 2. The molecule has 2 heterocycles. The van der Waals surface area contributed by atoms with Gasteiger partial charge < -0.3 is 15.1 Å². The van der Waals surface area contributed by atoms with Crippen molar-refractivity contribution < 1.29 is 14.0 Å². The van der Waals surface area contributed by atoms with E-state index in [0.29, 0.717) is 50.1 Å². The third-order valence-corrected chi connectivity index (χ3v) is 4.19. The minimum absolute atomic E-state index is 0.175. The number of aryl methyl sites for hydroxylation is 1. The summed E-state index contributed by atoms with van der Waals surface area (Å²) in [6, 6.07) is 7.79. The van der Waals surface area contributed by atoms with Crippen LogP contribution in [0.5, 0.6) is 0 Å². The molecular weight excluding hydrogens is 337 g/mol. The summed E-state index contributed by atoms with van der Waals surface area (Å²) in [5.74, 6) is 0.570. The number of aromatic nitrogens is 2. The van der Waals surface area contributed by atoms with Crippen LogP contribution in [0.3, 0.4) is 0 Å². The number of hydrogen-bond donors (Lipinski definition) is 1. The Morgan fingerprint density at radius 3 is 2.54 bits per heavy atom. The Labute approximate surface area is 150 Å². The van der Waals surface area contributed by atoms with Crippen LogP contribution in [0.25, 0.3) is 0 Å². The van der Waals surface area contributed by atoms with Crippen molar-refractivity contribution in [1.29, 1.82) is 0 Å². The van der Waals surface area contributed by atoms with Crippen LogP contribution in [0.4, 0.5) is 10.2 Å². The summed E-state index contributed by atoms with van der Waals surface area (Å²) in [6.07, 6.45) is 0.800. The third kappa shape index (κ3) is 4.33. The first-order valence-electron chi connectivity index (χ1n) is 8.38. The fourth-order valence-electron chi connectivity index (χ4n) is 2.76. The van der Waals surface area contributed by atoms with Gasteiger partial charge in [-0.15, -0.1) is 0 Å². The zero-order valence-electron chi connectivity index (χ0n) is 14.5. The molecule has 7 nitrogen and oxygen atoms in total. The molecule has 26 heavy (non-hydrogen) atoms. The van der Waals surface area contributed by atoms with Crippen molar-refractivity contribution in [2.24, 2.45) is 0 Å². The van der Waals surface area contributed by atoms with E-state index in [-0.39, 0.29) is 11.7 Å². The fraction of sp³-hybridized carbons (Fsp3) is 0.333. The third-order valence-electron chi connectivity index (χ3n) is 4.19. The second-order valence-corrected chi connectivity index (χ2v) is 6.10. The predicted octanol–water partition coefficient (Wildman–Crippen LogP) is 1.45. The van der Waals surface area contributed by atoms with Crippen molar-refractivity contribution >= 4 is 18.1 Å². The van der Waals surface area contributed by atoms with Crippen molar-refractivity contribution in [2.45, 2.75) is 13.5 Å². The largest absolute Gasteiger partial charge is 0.366 e. The molecule has 0 spiro atoms. The normalized spacial score (nSPS) is 14.2. The van der Waals surface area contributed by atoms with Crippen molar-refractivity contribution in [3.63, 3.8) is 0 Å². The van der Waals surface area contributed by atoms with Crippen LogP contribution in [-0.2, 0) is 11.3 Å². The van der Waals surface area contributed by atoms with Crippen molar-refractivity contribution in [1.82, 2.24) is 19.8 Å². The summed E-state index contributed by atoms with van der Waals surface area (Å²) < 4.78 is 13.0. The number of nitrogens with zero attached hydrogens (tertiary/aromatic N) is 4. The van der Waals surface area contributed by atoms with Gasteiger partial charge in [-0.3, -0.25) is 9.59 Å². The van der Waals surface area contributed by atoms with Gasteiger partial charge in [0.25, 0.3) is 5.91 Å². The first-order chi connectivity index (χ1) is 12.5. The lowest BCUT2D eigenvalue weighted by Gasteiger charge is -2.32. The SMILES string of the molecule is Cc1nc(NCc2ccc(F)cc2)cc(C(=O)N2CCN(C=O)CC2)n1. The van der Waals surface area contributed by atoms with Crippen LogP contribution < -0.4 is 5.32 Å². The molecule has 0 atom stereocenters. The zero-order valence-corrected chi connectivity index (χ0v) is 14.5. The van der Waals surface area contributed by atoms with Gasteiger partial charge in [0, 0.05) is 38.8 Å². The summed E-state index contributed by atoms with van der Waals surface area (Å²) in [5, 5.41) is 3.14. The molecule has 2 amide bonds. The number of nitrogens with one attached hydrogen (secondary N) is 1. The van der Waals surface area contributed by atoms with E-state index in [4.69, 9.17) is 0 Å². The lowest BCUT2D eigenvalue weighted by molar-refractivity contribution is -0.119. The number of rotatable bonds is 5. The van der Waals surface area contributed by atoms with Crippen LogP contribution in [0, 0.1) is 12.7 Å². The number of halogens is 1. The second-order valence-electron chi connectivity index (χ2n) is 6.10. The molecule has 1 aliphatic rings. The maximum atomic E-state index is 13.0. The van der Waals surface area contributed by atoms with Crippen LogP contribution in [0.2, 0.25) is 0 Å². The lowest BCUT2D eigenvalue weighted by Crippen LogP contribution is -2.48. The van der Waals surface area contributed by atoms with E-state index < -0.39 is 0 Å². The van der Waals surface area contributed by atoms with Gasteiger partial charge in [0.05, 0.1) is 0 Å². The van der Waals surface area contributed by atoms with Gasteiger partial charge in [0.2, 0.25) is 6.41 Å². The minimum Gasteiger partial charge on any atom is -0.366 e. The molecule has 0 aliphatic carbocycles. The highest BCUT2D eigenvalue weighted by molar-refractivity contribution is 5.93. The second kappa shape index (κ2) is 7.90. The van der Waals surface area contributed by atoms with E-state index in [1.807, 2.05) is 0 Å². The van der Waals surface area contributed by atoms with Crippen molar-refractivity contribution in [3.8, 4) is 0 Å². The van der Waals surface area contributed by atoms with Crippen LogP contribution >= 0.6 is 0 Å². The number of benzene rings is 1. The zero-order chi connectivity index (χ0) is 18.5. The molecule has 1 saturated heterocycles. The smallest absolute Gasteiger partial charge is 0.272 e. The van der Waals surface area contributed by atoms with Crippen LogP contribution in [0.15, 0.2) is 30.3 Å². The molecule has 8 heteroatoms. The molecule has 1 fully saturated rings. The highest BCUT2D eigenvalue weighted by atomic mass is 19.1. The summed E-state index contributed by atoms with van der Waals surface area (Å²) in [5.41, 5.74) is 1.22. The van der Waals surface area contributed by atoms with E-state index in [0.717, 1.165) is 12.0 Å². The molecule has 1 aliphatic heterocycles. The number of amides is 2. The molecule has 1 aromatic heterocycles. The Morgan fingerprint density at radius 2 is 1.88 bits per heavy atom. The van der Waals surface area contributed by atoms with Gasteiger partial charge in [-0.1, -0.05) is 12.1 Å². The topological polar surface area (TPSA) is 78.4 Å². The van der Waals surface area contributed by atoms with E-state index in [1.165, 1.54) is 12.1 Å². The number of hydrogen-bond acceptors (Lipinski definition) is 5. The molecule has 0 bridgehead atoms. The highest BCUT2D eigenvalue weighted by Gasteiger charge is 2.23. The average Bonchev–Trinajstić information content (AvgIpc) is 2.66. The molecule has 1 aromatic carbocycles. The highest BCUT2D eigenvalue weighted by Crippen LogP contribution is 2.13. The summed E-state index contributed by atoms with van der Waals surface area (Å²) in [6.45, 7) is 4.20. The Bertz CT molecular complexity index is 789. The van der Waals surface area contributed by atoms with E-state index in [9.17, 15) is 14.0 Å². The fourth-order valence-corrected chi connectivity index (χ4v) is 2.76. The Kier molecular flexibility index (Phi) is 5.40. The van der Waals surface area contributed by atoms with Gasteiger partial charge in [-0.2, -0.15) is 0 Å². The van der Waals surface area contributed by atoms with Gasteiger partial charge >= 0.3 is 0 Å². The predicted molar refractivity (Wildman–Crippen MR) is 94.0 cm³/mol. The molecule has 0 unspecified atom stereocenters. The molecule has 2 aromatic rings. The molecule has 1 N–H and O–H groups in total. The standard InChI is InChI=1S/C18H20FN5O2/c1-13-21-16(18(26)24-8-6-23(12-25)7-9-24)10-17(22-13)20-11-14-2-4-15(19)5-3-14/h2-5,10,12H,6-9,11H2,1H3,(H,20,21,22). The monoisotopic (exact) mass is 357 g/mol. The maximum Gasteiger partial charge on any atom is 0.272 e. The van der Waals surface area contributed by atoms with Gasteiger partial charge in [-0.25, -0.2) is 14.4 Å². The average molecular weight is 357 g/mol. The van der Waals surface area contributed by atoms with Gasteiger partial charge in [0.1, 0.15) is 23.2 Å². The quantitative estimate of drug-likeness (QED) is 0.820. The van der Waals surface area contributed by atoms with Crippen LogP contribution in [-0.4, -0.2) is 58.3 Å². The summed E-state index contributed by atoms with van der Waals surface area (Å²) in [7, 11) is 0. The molecular formula is C18H20FN5O2. The van der Waals surface area contributed by atoms with Crippen LogP contribution in [0.1, 0.15) is 21.9 Å². The first-order valence-corrected chi connectivity index (χ1v) is 8.38. The minimum atomic E-state index is -0.283. The number of anilines is 1. The molecule has 3 rings (SSSR count). The molecule has 136 valence electrons. The maximum absolute atomic E-state index is 13.0. The summed E-state index contributed by atoms with van der Waals surface area (Å²) in [4.78, 5) is 35.3. The first kappa shape index (κ1) is 17.8. The Hall–Kier alpha value is -3.03. The molecule has 0 radical (unpaired) electrons. The molecule has 0 saturated carbocycles. The van der Waals surface area contributed by atoms with E-state index in [1.54, 1.807) is 34.9 Å². The van der Waals surface area contributed by atoms with E-state index in [2.05, 4.69) is 15.3 Å². The van der Waals surface area contributed by atoms with Gasteiger partial charge in [-0.05, 0) is 24.6 Å². The Balaban J connectivity index is 1.67. The van der Waals surface area contributed by atoms with E-state index >= 15 is 0 Å². The summed E-state index contributed by atoms with van der Waals surface area (Å²) >= 11 is 0.